The first-order valence-electron chi connectivity index (χ1n) is 7.28. The molecular weight excluding hydrogens is 246 g/mol. The predicted molar refractivity (Wildman–Crippen MR) is 83.6 cm³/mol. The smallest absolute Gasteiger partial charge is 0.0621 e. The molecule has 0 bridgehead atoms. The Hall–Kier alpha value is -1.64. The minimum atomic E-state index is -0.369. The van der Waals surface area contributed by atoms with Gasteiger partial charge in [0, 0.05) is 12.5 Å². The largest absolute Gasteiger partial charge is 0.392 e. The fourth-order valence-corrected chi connectivity index (χ4v) is 2.58. The lowest BCUT2D eigenvalue weighted by molar-refractivity contribution is 0.133. The average molecular weight is 269 g/mol. The Morgan fingerprint density at radius 2 is 1.50 bits per heavy atom. The maximum Gasteiger partial charge on any atom is 0.0621 e. The van der Waals surface area contributed by atoms with Gasteiger partial charge in [-0.15, -0.1) is 0 Å². The Labute approximate surface area is 121 Å². The molecule has 0 aliphatic carbocycles. The van der Waals surface area contributed by atoms with Crippen LogP contribution in [-0.4, -0.2) is 17.8 Å². The lowest BCUT2D eigenvalue weighted by Crippen LogP contribution is -2.26. The Morgan fingerprint density at radius 3 is 2.10 bits per heavy atom. The van der Waals surface area contributed by atoms with Crippen LogP contribution in [0.25, 0.3) is 0 Å². The van der Waals surface area contributed by atoms with Crippen LogP contribution in [0, 0.1) is 0 Å². The monoisotopic (exact) mass is 269 g/mol. The summed E-state index contributed by atoms with van der Waals surface area (Å²) in [6, 6.07) is 20.4. The van der Waals surface area contributed by atoms with E-state index in [1.807, 2.05) is 36.4 Å². The predicted octanol–water partition coefficient (Wildman–Crippen LogP) is 3.11. The molecule has 2 aromatic carbocycles. The van der Waals surface area contributed by atoms with Gasteiger partial charge in [-0.3, -0.25) is 0 Å². The third-order valence-electron chi connectivity index (χ3n) is 3.75. The molecule has 2 heteroatoms. The molecule has 2 rings (SSSR count). The lowest BCUT2D eigenvalue weighted by atomic mass is 9.90. The first kappa shape index (κ1) is 14.8. The van der Waals surface area contributed by atoms with Gasteiger partial charge in [0.1, 0.15) is 0 Å². The van der Waals surface area contributed by atoms with Crippen molar-refractivity contribution in [2.75, 3.05) is 6.54 Å². The third kappa shape index (κ3) is 4.19. The normalized spacial score (nSPS) is 13.9. The summed E-state index contributed by atoms with van der Waals surface area (Å²) in [4.78, 5) is 0. The molecule has 0 heterocycles. The molecular formula is C18H23NO. The number of benzene rings is 2. The Kier molecular flexibility index (Phi) is 5.78. The van der Waals surface area contributed by atoms with Crippen molar-refractivity contribution >= 4 is 0 Å². The molecule has 0 saturated carbocycles. The van der Waals surface area contributed by atoms with E-state index in [0.29, 0.717) is 6.54 Å². The van der Waals surface area contributed by atoms with E-state index in [2.05, 4.69) is 24.3 Å². The molecule has 3 N–H and O–H groups in total. The first-order valence-corrected chi connectivity index (χ1v) is 7.28. The molecule has 106 valence electrons. The number of aliphatic hydroxyl groups excluding tert-OH is 1. The van der Waals surface area contributed by atoms with Gasteiger partial charge in [-0.1, -0.05) is 60.7 Å². The topological polar surface area (TPSA) is 46.2 Å². The van der Waals surface area contributed by atoms with Gasteiger partial charge >= 0.3 is 0 Å². The SMILES string of the molecule is NCC(c1ccccc1)C(O)CCCc1ccccc1. The summed E-state index contributed by atoms with van der Waals surface area (Å²) in [5.74, 6) is 0.0342. The molecule has 0 saturated heterocycles. The summed E-state index contributed by atoms with van der Waals surface area (Å²) in [6.45, 7) is 0.483. The number of hydrogen-bond donors (Lipinski definition) is 2. The molecule has 2 atom stereocenters. The standard InChI is InChI=1S/C18H23NO/c19-14-17(16-11-5-2-6-12-16)18(20)13-7-10-15-8-3-1-4-9-15/h1-6,8-9,11-12,17-18,20H,7,10,13-14,19H2. The highest BCUT2D eigenvalue weighted by Crippen LogP contribution is 2.22. The quantitative estimate of drug-likeness (QED) is 0.811. The molecule has 0 aliphatic heterocycles. The second-order valence-corrected chi connectivity index (χ2v) is 5.20. The van der Waals surface area contributed by atoms with E-state index in [9.17, 15) is 5.11 Å². The highest BCUT2D eigenvalue weighted by atomic mass is 16.3. The van der Waals surface area contributed by atoms with Crippen molar-refractivity contribution in [1.29, 1.82) is 0 Å². The van der Waals surface area contributed by atoms with E-state index in [1.54, 1.807) is 0 Å². The number of aliphatic hydroxyl groups is 1. The van der Waals surface area contributed by atoms with Crippen molar-refractivity contribution < 1.29 is 5.11 Å². The number of rotatable bonds is 7. The summed E-state index contributed by atoms with van der Waals surface area (Å²) in [5.41, 5.74) is 8.28. The minimum absolute atomic E-state index is 0.0342. The molecule has 2 unspecified atom stereocenters. The maximum absolute atomic E-state index is 10.4. The van der Waals surface area contributed by atoms with Crippen molar-refractivity contribution in [3.8, 4) is 0 Å². The zero-order valence-corrected chi connectivity index (χ0v) is 11.8. The summed E-state index contributed by atoms with van der Waals surface area (Å²) in [6.07, 6.45) is 2.40. The molecule has 0 fully saturated rings. The minimum Gasteiger partial charge on any atom is -0.392 e. The van der Waals surface area contributed by atoms with Crippen LogP contribution in [-0.2, 0) is 6.42 Å². The Balaban J connectivity index is 1.85. The van der Waals surface area contributed by atoms with Gasteiger partial charge in [0.15, 0.2) is 0 Å². The molecule has 2 nitrogen and oxygen atoms in total. The van der Waals surface area contributed by atoms with E-state index in [-0.39, 0.29) is 12.0 Å². The molecule has 0 spiro atoms. The van der Waals surface area contributed by atoms with E-state index in [1.165, 1.54) is 5.56 Å². The summed E-state index contributed by atoms with van der Waals surface area (Å²) in [5, 5.41) is 10.4. The van der Waals surface area contributed by atoms with Gasteiger partial charge in [0.2, 0.25) is 0 Å². The highest BCUT2D eigenvalue weighted by Gasteiger charge is 2.18. The van der Waals surface area contributed by atoms with Gasteiger partial charge in [-0.25, -0.2) is 0 Å². The fraction of sp³-hybridized carbons (Fsp3) is 0.333. The average Bonchev–Trinajstić information content (AvgIpc) is 2.50. The Bertz CT molecular complexity index is 483. The van der Waals surface area contributed by atoms with Gasteiger partial charge in [-0.2, -0.15) is 0 Å². The molecule has 20 heavy (non-hydrogen) atoms. The molecule has 0 aromatic heterocycles. The van der Waals surface area contributed by atoms with Crippen LogP contribution in [0.4, 0.5) is 0 Å². The zero-order chi connectivity index (χ0) is 14.2. The zero-order valence-electron chi connectivity index (χ0n) is 11.8. The third-order valence-corrected chi connectivity index (χ3v) is 3.75. The summed E-state index contributed by atoms with van der Waals surface area (Å²) >= 11 is 0. The van der Waals surface area contributed by atoms with Crippen molar-refractivity contribution in [2.24, 2.45) is 5.73 Å². The second-order valence-electron chi connectivity index (χ2n) is 5.20. The van der Waals surface area contributed by atoms with Crippen molar-refractivity contribution in [1.82, 2.24) is 0 Å². The van der Waals surface area contributed by atoms with E-state index in [4.69, 9.17) is 5.73 Å². The number of hydrogen-bond acceptors (Lipinski definition) is 2. The molecule has 0 amide bonds. The van der Waals surface area contributed by atoms with Crippen molar-refractivity contribution in [3.63, 3.8) is 0 Å². The van der Waals surface area contributed by atoms with Gasteiger partial charge in [0.25, 0.3) is 0 Å². The molecule has 0 radical (unpaired) electrons. The van der Waals surface area contributed by atoms with Gasteiger partial charge in [-0.05, 0) is 30.4 Å². The van der Waals surface area contributed by atoms with Crippen LogP contribution in [0.5, 0.6) is 0 Å². The lowest BCUT2D eigenvalue weighted by Gasteiger charge is -2.22. The molecule has 0 aliphatic rings. The van der Waals surface area contributed by atoms with E-state index >= 15 is 0 Å². The maximum atomic E-state index is 10.4. The second kappa shape index (κ2) is 7.83. The van der Waals surface area contributed by atoms with Crippen LogP contribution in [0.3, 0.4) is 0 Å². The number of aryl methyl sites for hydroxylation is 1. The van der Waals surface area contributed by atoms with E-state index in [0.717, 1.165) is 24.8 Å². The molecule has 2 aromatic rings. The fourth-order valence-electron chi connectivity index (χ4n) is 2.58. The number of nitrogens with two attached hydrogens (primary N) is 1. The van der Waals surface area contributed by atoms with Crippen molar-refractivity contribution in [2.45, 2.75) is 31.3 Å². The van der Waals surface area contributed by atoms with Crippen LogP contribution >= 0.6 is 0 Å². The van der Waals surface area contributed by atoms with E-state index < -0.39 is 0 Å². The van der Waals surface area contributed by atoms with Crippen molar-refractivity contribution in [3.05, 3.63) is 71.8 Å². The van der Waals surface area contributed by atoms with Crippen LogP contribution < -0.4 is 5.73 Å². The Morgan fingerprint density at radius 1 is 0.900 bits per heavy atom. The van der Waals surface area contributed by atoms with Gasteiger partial charge in [0.05, 0.1) is 6.10 Å². The van der Waals surface area contributed by atoms with Gasteiger partial charge < -0.3 is 10.8 Å². The van der Waals surface area contributed by atoms with Crippen LogP contribution in [0.15, 0.2) is 60.7 Å². The van der Waals surface area contributed by atoms with Crippen LogP contribution in [0.1, 0.15) is 29.9 Å². The first-order chi connectivity index (χ1) is 9.81. The summed E-state index contributed by atoms with van der Waals surface area (Å²) in [7, 11) is 0. The summed E-state index contributed by atoms with van der Waals surface area (Å²) < 4.78 is 0. The highest BCUT2D eigenvalue weighted by molar-refractivity contribution is 5.21. The van der Waals surface area contributed by atoms with Crippen LogP contribution in [0.2, 0.25) is 0 Å².